The van der Waals surface area contributed by atoms with Crippen molar-refractivity contribution in [3.8, 4) is 11.5 Å². The third-order valence-corrected chi connectivity index (χ3v) is 3.19. The molecule has 0 unspecified atom stereocenters. The van der Waals surface area contributed by atoms with Gasteiger partial charge in [0.1, 0.15) is 18.1 Å². The van der Waals surface area contributed by atoms with Gasteiger partial charge in [0.2, 0.25) is 0 Å². The Hall–Kier alpha value is -2.75. The Labute approximate surface area is 123 Å². The van der Waals surface area contributed by atoms with Crippen molar-refractivity contribution in [3.05, 3.63) is 72.3 Å². The minimum atomic E-state index is -0.485. The zero-order chi connectivity index (χ0) is 14.7. The molecule has 3 rings (SSSR count). The van der Waals surface area contributed by atoms with Crippen LogP contribution in [0.25, 0.3) is 0 Å². The number of hydrogen-bond donors (Lipinski definition) is 1. The van der Waals surface area contributed by atoms with Crippen LogP contribution in [0.15, 0.2) is 61.2 Å². The summed E-state index contributed by atoms with van der Waals surface area (Å²) < 4.78 is 11.2. The number of hydrogen-bond acceptors (Lipinski definition) is 3. The summed E-state index contributed by atoms with van der Waals surface area (Å²) in [5.41, 5.74) is 1.42. The first-order valence-electron chi connectivity index (χ1n) is 6.68. The third kappa shape index (κ3) is 2.74. The molecule has 0 saturated heterocycles. The van der Waals surface area contributed by atoms with Crippen LogP contribution in [0.1, 0.15) is 22.1 Å². The number of carbonyl (C=O) groups is 1. The molecule has 4 heteroatoms. The summed E-state index contributed by atoms with van der Waals surface area (Å²) in [5.74, 6) is 1.22. The highest BCUT2D eigenvalue weighted by atomic mass is 16.5. The fraction of sp³-hybridized carbons (Fsp3) is 0.118. The lowest BCUT2D eigenvalue weighted by Crippen LogP contribution is -2.36. The zero-order valence-electron chi connectivity index (χ0n) is 11.4. The van der Waals surface area contributed by atoms with Gasteiger partial charge < -0.3 is 14.8 Å². The van der Waals surface area contributed by atoms with Crippen molar-refractivity contribution in [3.63, 3.8) is 0 Å². The number of amides is 1. The number of carbonyl (C=O) groups excluding carboxylic acids is 1. The van der Waals surface area contributed by atoms with Crippen LogP contribution in [0.4, 0.5) is 0 Å². The molecule has 1 N–H and O–H groups in total. The van der Waals surface area contributed by atoms with Crippen LogP contribution in [-0.2, 0) is 0 Å². The van der Waals surface area contributed by atoms with E-state index in [1.807, 2.05) is 36.4 Å². The number of ether oxygens (including phenoxy) is 2. The van der Waals surface area contributed by atoms with Crippen molar-refractivity contribution in [2.24, 2.45) is 0 Å². The summed E-state index contributed by atoms with van der Waals surface area (Å²) in [5, 5.41) is 2.83. The maximum atomic E-state index is 12.1. The first-order valence-corrected chi connectivity index (χ1v) is 6.68. The monoisotopic (exact) mass is 281 g/mol. The number of benzene rings is 2. The molecule has 0 spiro atoms. The molecule has 1 atom stereocenters. The van der Waals surface area contributed by atoms with E-state index in [0.29, 0.717) is 17.9 Å². The quantitative estimate of drug-likeness (QED) is 0.876. The molecule has 1 amide bonds. The second-order valence-corrected chi connectivity index (χ2v) is 4.64. The highest BCUT2D eigenvalue weighted by Gasteiger charge is 2.25. The van der Waals surface area contributed by atoms with Crippen LogP contribution in [0.2, 0.25) is 0 Å². The van der Waals surface area contributed by atoms with E-state index in [-0.39, 0.29) is 5.91 Å². The van der Waals surface area contributed by atoms with Gasteiger partial charge in [-0.25, -0.2) is 0 Å². The summed E-state index contributed by atoms with van der Waals surface area (Å²) in [6, 6.07) is 14.6. The maximum absolute atomic E-state index is 12.1. The molecule has 0 aromatic heterocycles. The predicted molar refractivity (Wildman–Crippen MR) is 79.4 cm³/mol. The minimum absolute atomic E-state index is 0.131. The minimum Gasteiger partial charge on any atom is -0.490 e. The van der Waals surface area contributed by atoms with Crippen molar-refractivity contribution in [2.75, 3.05) is 6.61 Å². The van der Waals surface area contributed by atoms with Gasteiger partial charge in [0, 0.05) is 5.56 Å². The Morgan fingerprint density at radius 3 is 2.71 bits per heavy atom. The van der Waals surface area contributed by atoms with Gasteiger partial charge in [0.05, 0.1) is 5.56 Å². The molecule has 2 aromatic rings. The van der Waals surface area contributed by atoms with Gasteiger partial charge in [0.25, 0.3) is 5.91 Å². The van der Waals surface area contributed by atoms with E-state index in [1.165, 1.54) is 0 Å². The lowest BCUT2D eigenvalue weighted by atomic mass is 10.1. The molecule has 0 saturated carbocycles. The first kappa shape index (κ1) is 13.2. The topological polar surface area (TPSA) is 47.6 Å². The Morgan fingerprint density at radius 2 is 1.95 bits per heavy atom. The highest BCUT2D eigenvalue weighted by molar-refractivity contribution is 5.97. The Morgan fingerprint density at radius 1 is 1.19 bits per heavy atom. The summed E-state index contributed by atoms with van der Waals surface area (Å²) in [4.78, 5) is 12.1. The van der Waals surface area contributed by atoms with Gasteiger partial charge in [-0.3, -0.25) is 4.79 Å². The zero-order valence-corrected chi connectivity index (χ0v) is 11.4. The molecule has 0 fully saturated rings. The smallest absolute Gasteiger partial charge is 0.258 e. The number of fused-ring (bicyclic) bond motifs is 1. The average Bonchev–Trinajstić information content (AvgIpc) is 2.53. The largest absolute Gasteiger partial charge is 0.490 e. The average molecular weight is 281 g/mol. The Balaban J connectivity index is 1.79. The Bertz CT molecular complexity index is 664. The molecule has 1 aliphatic heterocycles. The Kier molecular flexibility index (Phi) is 3.60. The lowest BCUT2D eigenvalue weighted by molar-refractivity contribution is 0.0756. The van der Waals surface area contributed by atoms with Crippen molar-refractivity contribution in [1.29, 1.82) is 0 Å². The first-order chi connectivity index (χ1) is 10.3. The number of nitrogens with one attached hydrogen (secondary N) is 1. The van der Waals surface area contributed by atoms with Crippen LogP contribution < -0.4 is 14.8 Å². The van der Waals surface area contributed by atoms with Crippen LogP contribution in [0, 0.1) is 0 Å². The standard InChI is InChI=1S/C17H15NO3/c1-2-11-20-13-9-7-12(8-10-13)17-18-16(19)14-5-3-4-6-15(14)21-17/h2-10,17H,1,11H2,(H,18,19)/t17-/m0/s1. The molecule has 1 aliphatic rings. The van der Waals surface area contributed by atoms with E-state index in [0.717, 1.165) is 11.3 Å². The summed E-state index contributed by atoms with van der Waals surface area (Å²) in [6.07, 6.45) is 1.20. The molecule has 1 heterocycles. The highest BCUT2D eigenvalue weighted by Crippen LogP contribution is 2.29. The van der Waals surface area contributed by atoms with Crippen molar-refractivity contribution < 1.29 is 14.3 Å². The van der Waals surface area contributed by atoms with Gasteiger partial charge in [-0.05, 0) is 36.4 Å². The van der Waals surface area contributed by atoms with E-state index >= 15 is 0 Å². The van der Waals surface area contributed by atoms with E-state index in [1.54, 1.807) is 18.2 Å². The third-order valence-electron chi connectivity index (χ3n) is 3.19. The molecular formula is C17H15NO3. The molecule has 2 aromatic carbocycles. The van der Waals surface area contributed by atoms with E-state index in [2.05, 4.69) is 11.9 Å². The van der Waals surface area contributed by atoms with Crippen LogP contribution >= 0.6 is 0 Å². The van der Waals surface area contributed by atoms with Crippen molar-refractivity contribution in [2.45, 2.75) is 6.23 Å². The summed E-state index contributed by atoms with van der Waals surface area (Å²) in [7, 11) is 0. The number of para-hydroxylation sites is 1. The lowest BCUT2D eigenvalue weighted by Gasteiger charge is -2.27. The van der Waals surface area contributed by atoms with Gasteiger partial charge in [-0.1, -0.05) is 24.8 Å². The van der Waals surface area contributed by atoms with E-state index in [4.69, 9.17) is 9.47 Å². The van der Waals surface area contributed by atoms with Gasteiger partial charge in [-0.15, -0.1) is 0 Å². The second kappa shape index (κ2) is 5.71. The second-order valence-electron chi connectivity index (χ2n) is 4.64. The fourth-order valence-corrected chi connectivity index (χ4v) is 2.16. The van der Waals surface area contributed by atoms with E-state index in [9.17, 15) is 4.79 Å². The molecule has 0 aliphatic carbocycles. The van der Waals surface area contributed by atoms with Crippen LogP contribution in [0.3, 0.4) is 0 Å². The molecule has 106 valence electrons. The molecule has 0 radical (unpaired) electrons. The molecule has 4 nitrogen and oxygen atoms in total. The molecule has 21 heavy (non-hydrogen) atoms. The summed E-state index contributed by atoms with van der Waals surface area (Å²) in [6.45, 7) is 4.07. The van der Waals surface area contributed by atoms with Crippen LogP contribution in [-0.4, -0.2) is 12.5 Å². The van der Waals surface area contributed by atoms with Crippen LogP contribution in [0.5, 0.6) is 11.5 Å². The predicted octanol–water partition coefficient (Wildman–Crippen LogP) is 3.07. The van der Waals surface area contributed by atoms with E-state index < -0.39 is 6.23 Å². The summed E-state index contributed by atoms with van der Waals surface area (Å²) >= 11 is 0. The normalized spacial score (nSPS) is 16.4. The SMILES string of the molecule is C=CCOc1ccc([C@H]2NC(=O)c3ccccc3O2)cc1. The van der Waals surface area contributed by atoms with Gasteiger partial charge >= 0.3 is 0 Å². The van der Waals surface area contributed by atoms with Crippen molar-refractivity contribution >= 4 is 5.91 Å². The van der Waals surface area contributed by atoms with Crippen molar-refractivity contribution in [1.82, 2.24) is 5.32 Å². The molecule has 0 bridgehead atoms. The van der Waals surface area contributed by atoms with Gasteiger partial charge in [0.15, 0.2) is 6.23 Å². The molecular weight excluding hydrogens is 266 g/mol. The van der Waals surface area contributed by atoms with Gasteiger partial charge in [-0.2, -0.15) is 0 Å². The fourth-order valence-electron chi connectivity index (χ4n) is 2.16. The maximum Gasteiger partial charge on any atom is 0.258 e. The number of rotatable bonds is 4.